The second-order valence-corrected chi connectivity index (χ2v) is 9.68. The van der Waals surface area contributed by atoms with Crippen LogP contribution in [0.1, 0.15) is 6.92 Å². The van der Waals surface area contributed by atoms with Crippen molar-refractivity contribution in [3.8, 4) is 0 Å². The summed E-state index contributed by atoms with van der Waals surface area (Å²) < 4.78 is 91.6. The van der Waals surface area contributed by atoms with Gasteiger partial charge in [0.05, 0.1) is 6.61 Å². The number of carboxylic acid groups (broad SMARTS) is 1. The fourth-order valence-corrected chi connectivity index (χ4v) is 4.30. The van der Waals surface area contributed by atoms with E-state index in [9.17, 15) is 46.9 Å². The predicted octanol–water partition coefficient (Wildman–Crippen LogP) is -4.85. The van der Waals surface area contributed by atoms with E-state index in [1.54, 1.807) is 0 Å². The average molecular weight is 571 g/mol. The minimum absolute atomic E-state index is 0.742. The van der Waals surface area contributed by atoms with E-state index < -0.39 is 101 Å². The highest BCUT2D eigenvalue weighted by Gasteiger charge is 2.54. The third-order valence-electron chi connectivity index (χ3n) is 4.97. The summed E-state index contributed by atoms with van der Waals surface area (Å²) in [6.07, 6.45) is -18.4. The highest BCUT2D eigenvalue weighted by atomic mass is 32.3. The molecule has 0 bridgehead atoms. The first-order valence-electron chi connectivity index (χ1n) is 9.76. The maximum Gasteiger partial charge on any atom is 0.397 e. The minimum atomic E-state index is -5.36. The van der Waals surface area contributed by atoms with Crippen molar-refractivity contribution in [3.05, 3.63) is 0 Å². The van der Waals surface area contributed by atoms with Crippen molar-refractivity contribution in [2.75, 3.05) is 13.7 Å². The van der Waals surface area contributed by atoms with Gasteiger partial charge in [-0.15, -0.1) is 0 Å². The van der Waals surface area contributed by atoms with Gasteiger partial charge in [-0.2, -0.15) is 16.8 Å². The highest BCUT2D eigenvalue weighted by Crippen LogP contribution is 2.31. The molecule has 0 aliphatic carbocycles. The number of hydrogen-bond donors (Lipinski definition) is 7. The van der Waals surface area contributed by atoms with Crippen LogP contribution >= 0.6 is 0 Å². The van der Waals surface area contributed by atoms with Crippen LogP contribution in [0.4, 0.5) is 0 Å². The molecule has 2 aliphatic rings. The normalized spacial score (nSPS) is 37.9. The summed E-state index contributed by atoms with van der Waals surface area (Å²) in [5, 5.41) is 42.5. The molecule has 10 atom stereocenters. The number of nitrogens with one attached hydrogen (secondary N) is 1. The maximum atomic E-state index is 11.7. The lowest BCUT2D eigenvalue weighted by Gasteiger charge is -2.47. The van der Waals surface area contributed by atoms with Gasteiger partial charge in [0.25, 0.3) is 0 Å². The zero-order chi connectivity index (χ0) is 27.6. The summed E-state index contributed by atoms with van der Waals surface area (Å²) in [5.41, 5.74) is 0. The van der Waals surface area contributed by atoms with E-state index in [0.717, 1.165) is 14.0 Å². The summed E-state index contributed by atoms with van der Waals surface area (Å²) >= 11 is 0. The number of rotatable bonds is 10. The molecule has 2 saturated heterocycles. The van der Waals surface area contributed by atoms with Crippen LogP contribution < -0.4 is 5.32 Å². The van der Waals surface area contributed by atoms with Gasteiger partial charge in [-0.25, -0.2) is 13.2 Å². The number of carbonyl (C=O) groups excluding carboxylic acids is 1. The van der Waals surface area contributed by atoms with Crippen LogP contribution in [-0.4, -0.2) is 133 Å². The lowest BCUT2D eigenvalue weighted by Crippen LogP contribution is -2.68. The van der Waals surface area contributed by atoms with Crippen LogP contribution in [0.2, 0.25) is 0 Å². The number of amides is 1. The molecule has 0 aromatic rings. The molecule has 2 heterocycles. The van der Waals surface area contributed by atoms with Crippen molar-refractivity contribution in [2.24, 2.45) is 0 Å². The Morgan fingerprint density at radius 3 is 2.00 bits per heavy atom. The number of methoxy groups -OCH3 is 1. The van der Waals surface area contributed by atoms with Crippen LogP contribution in [0.3, 0.4) is 0 Å². The van der Waals surface area contributed by atoms with Crippen molar-refractivity contribution in [2.45, 2.75) is 68.3 Å². The van der Waals surface area contributed by atoms with Gasteiger partial charge in [0.15, 0.2) is 24.8 Å². The molecule has 0 aromatic carbocycles. The van der Waals surface area contributed by atoms with Crippen LogP contribution in [-0.2, 0) is 57.7 Å². The first kappa shape index (κ1) is 30.6. The summed E-state index contributed by atoms with van der Waals surface area (Å²) in [5.74, 6) is -2.58. The summed E-state index contributed by atoms with van der Waals surface area (Å²) in [6, 6.07) is -1.48. The van der Waals surface area contributed by atoms with Gasteiger partial charge in [-0.3, -0.25) is 13.9 Å². The van der Waals surface area contributed by atoms with Gasteiger partial charge in [-0.05, 0) is 0 Å². The summed E-state index contributed by atoms with van der Waals surface area (Å²) in [6.45, 7) is 0.00764. The fourth-order valence-electron chi connectivity index (χ4n) is 3.51. The third kappa shape index (κ3) is 7.95. The Bertz CT molecular complexity index is 1000. The quantitative estimate of drug-likeness (QED) is 0.121. The monoisotopic (exact) mass is 571 g/mol. The van der Waals surface area contributed by atoms with E-state index >= 15 is 0 Å². The van der Waals surface area contributed by atoms with Crippen molar-refractivity contribution in [1.82, 2.24) is 5.32 Å². The highest BCUT2D eigenvalue weighted by molar-refractivity contribution is 7.81. The number of carbonyl (C=O) groups is 2. The van der Waals surface area contributed by atoms with E-state index in [-0.39, 0.29) is 0 Å². The smallest absolute Gasteiger partial charge is 0.397 e. The fraction of sp³-hybridized carbons (Fsp3) is 0.867. The third-order valence-corrected chi connectivity index (χ3v) is 5.87. The molecule has 1 amide bonds. The number of carboxylic acids is 1. The predicted molar refractivity (Wildman–Crippen MR) is 106 cm³/mol. The number of aliphatic hydroxyl groups is 3. The zero-order valence-electron chi connectivity index (χ0n) is 18.4. The molecular weight excluding hydrogens is 546 g/mol. The average Bonchev–Trinajstić information content (AvgIpc) is 2.72. The maximum absolute atomic E-state index is 11.7. The van der Waals surface area contributed by atoms with E-state index in [1.165, 1.54) is 0 Å². The minimum Gasteiger partial charge on any atom is -0.479 e. The van der Waals surface area contributed by atoms with Crippen molar-refractivity contribution in [3.63, 3.8) is 0 Å². The van der Waals surface area contributed by atoms with Gasteiger partial charge < -0.3 is 44.7 Å². The Labute approximate surface area is 203 Å². The lowest BCUT2D eigenvalue weighted by molar-refractivity contribution is -0.335. The van der Waals surface area contributed by atoms with E-state index in [1.807, 2.05) is 0 Å². The Morgan fingerprint density at radius 2 is 1.53 bits per heavy atom. The molecule has 36 heavy (non-hydrogen) atoms. The van der Waals surface area contributed by atoms with E-state index in [4.69, 9.17) is 28.1 Å². The van der Waals surface area contributed by atoms with Crippen LogP contribution in [0.15, 0.2) is 0 Å². The topological polar surface area (TPSA) is 291 Å². The van der Waals surface area contributed by atoms with Crippen molar-refractivity contribution >= 4 is 32.7 Å². The molecule has 0 unspecified atom stereocenters. The van der Waals surface area contributed by atoms with E-state index in [2.05, 4.69) is 13.7 Å². The molecule has 210 valence electrons. The van der Waals surface area contributed by atoms with Crippen LogP contribution in [0.5, 0.6) is 0 Å². The van der Waals surface area contributed by atoms with Crippen LogP contribution in [0.25, 0.3) is 0 Å². The zero-order valence-corrected chi connectivity index (χ0v) is 20.0. The lowest BCUT2D eigenvalue weighted by atomic mass is 9.95. The Hall–Kier alpha value is -1.60. The van der Waals surface area contributed by atoms with Gasteiger partial charge in [-0.1, -0.05) is 0 Å². The standard InChI is InChI=1S/C15H25NO18S2/c1-4(17)16-6-10(7(18)5(31-14(6)29-2)3-30-35(23,24)25)32-15-12(34-36(26,27)28)9(20)8(19)11(33-15)13(21)22/h5-12,14-15,18-20H,3H2,1-2H3,(H,16,17)(H,21,22)(H,23,24,25)(H,26,27,28)/t5-,6-,7+,8+,9+,10-,11+,12-,14-,15-/m1/s1. The summed E-state index contributed by atoms with van der Waals surface area (Å²) in [4.78, 5) is 23.2. The first-order chi connectivity index (χ1) is 16.4. The molecule has 0 aromatic heterocycles. The second kappa shape index (κ2) is 11.8. The van der Waals surface area contributed by atoms with Crippen LogP contribution in [0, 0.1) is 0 Å². The number of ether oxygens (including phenoxy) is 4. The Balaban J connectivity index is 2.46. The molecule has 21 heteroatoms. The number of hydrogen-bond acceptors (Lipinski definition) is 15. The molecule has 0 saturated carbocycles. The molecule has 19 nitrogen and oxygen atoms in total. The number of aliphatic hydroxyl groups excluding tert-OH is 3. The van der Waals surface area contributed by atoms with Crippen molar-refractivity contribution in [1.29, 1.82) is 0 Å². The SMILES string of the molecule is CO[C@@H]1O[C@H](COS(=O)(=O)O)[C@H](O)[C@H](O[C@@H]2O[C@H](C(=O)O)[C@@H](O)[C@H](O)[C@H]2OS(=O)(=O)O)[C@H]1NC(C)=O. The Kier molecular flexibility index (Phi) is 10.1. The van der Waals surface area contributed by atoms with Gasteiger partial charge >= 0.3 is 26.8 Å². The first-order valence-corrected chi connectivity index (χ1v) is 12.5. The molecule has 7 N–H and O–H groups in total. The van der Waals surface area contributed by atoms with Gasteiger partial charge in [0.1, 0.15) is 36.6 Å². The molecular formula is C15H25NO18S2. The number of aliphatic carboxylic acids is 1. The molecule has 2 rings (SSSR count). The Morgan fingerprint density at radius 1 is 0.917 bits per heavy atom. The molecule has 0 spiro atoms. The molecule has 2 aliphatic heterocycles. The largest absolute Gasteiger partial charge is 0.479 e. The van der Waals surface area contributed by atoms with Crippen molar-refractivity contribution < 1.29 is 83.3 Å². The van der Waals surface area contributed by atoms with Gasteiger partial charge in [0, 0.05) is 14.0 Å². The molecule has 0 radical (unpaired) electrons. The summed E-state index contributed by atoms with van der Waals surface area (Å²) in [7, 11) is -9.31. The van der Waals surface area contributed by atoms with Gasteiger partial charge in [0.2, 0.25) is 5.91 Å². The van der Waals surface area contributed by atoms with E-state index in [0.29, 0.717) is 0 Å². The molecule has 2 fully saturated rings. The second-order valence-electron chi connectivity index (χ2n) is 7.54.